The Morgan fingerprint density at radius 3 is 2.54 bits per heavy atom. The molecule has 0 saturated heterocycles. The molecule has 1 aliphatic rings. The summed E-state index contributed by atoms with van der Waals surface area (Å²) in [5.74, 6) is 1.73. The highest BCUT2D eigenvalue weighted by Gasteiger charge is 2.31. The first-order chi connectivity index (χ1) is 10.8. The Balaban J connectivity index is 0.00000144. The molecule has 1 aliphatic carbocycles. The number of amides is 1. The van der Waals surface area contributed by atoms with E-state index in [1.807, 2.05) is 6.07 Å². The van der Waals surface area contributed by atoms with E-state index in [0.717, 1.165) is 12.8 Å². The molecule has 1 aromatic heterocycles. The molecule has 2 aromatic rings. The third kappa shape index (κ3) is 5.37. The number of ether oxygens (including phenoxy) is 1. The maximum atomic E-state index is 12.3. The number of nitrogens with zero attached hydrogens (tertiary/aromatic N) is 1. The minimum absolute atomic E-state index is 0. The molecule has 0 bridgehead atoms. The molecule has 1 saturated carbocycles. The number of carbonyl (C=O) groups excluding carboxylic acids is 1. The number of benzene rings is 1. The van der Waals surface area contributed by atoms with Crippen LogP contribution in [0.4, 0.5) is 0 Å². The Morgan fingerprint density at radius 1 is 1.21 bits per heavy atom. The molecule has 1 aromatic carbocycles. The standard InChI is InChI=1S/C17H19N3O2.2ClH/c18-11-16(12-4-5-12)20-17(21)13-2-1-3-15(10-13)22-14-6-8-19-9-7-14;;/h1-3,6-10,12,16H,4-5,11,18H2,(H,20,21);2*1H. The number of nitrogens with two attached hydrogens (primary N) is 1. The van der Waals surface area contributed by atoms with Gasteiger partial charge in [-0.05, 0) is 49.1 Å². The van der Waals surface area contributed by atoms with Crippen LogP contribution in [0, 0.1) is 5.92 Å². The van der Waals surface area contributed by atoms with Crippen molar-refractivity contribution in [1.29, 1.82) is 0 Å². The lowest BCUT2D eigenvalue weighted by Gasteiger charge is -2.16. The summed E-state index contributed by atoms with van der Waals surface area (Å²) < 4.78 is 5.72. The van der Waals surface area contributed by atoms with Crippen LogP contribution in [0.2, 0.25) is 0 Å². The maximum Gasteiger partial charge on any atom is 0.251 e. The van der Waals surface area contributed by atoms with Gasteiger partial charge in [0.15, 0.2) is 0 Å². The molecule has 3 rings (SSSR count). The van der Waals surface area contributed by atoms with Gasteiger partial charge in [0.1, 0.15) is 11.5 Å². The van der Waals surface area contributed by atoms with Gasteiger partial charge in [-0.3, -0.25) is 9.78 Å². The molecule has 3 N–H and O–H groups in total. The molecule has 1 unspecified atom stereocenters. The van der Waals surface area contributed by atoms with Crippen molar-refractivity contribution in [3.05, 3.63) is 54.4 Å². The van der Waals surface area contributed by atoms with Crippen LogP contribution in [-0.4, -0.2) is 23.5 Å². The number of hydrogen-bond acceptors (Lipinski definition) is 4. The van der Waals surface area contributed by atoms with Crippen LogP contribution in [0.5, 0.6) is 11.5 Å². The van der Waals surface area contributed by atoms with Gasteiger partial charge in [0.05, 0.1) is 0 Å². The van der Waals surface area contributed by atoms with Gasteiger partial charge in [-0.15, -0.1) is 24.8 Å². The van der Waals surface area contributed by atoms with E-state index in [1.165, 1.54) is 0 Å². The van der Waals surface area contributed by atoms with E-state index in [1.54, 1.807) is 42.7 Å². The average molecular weight is 370 g/mol. The molecular formula is C17H21Cl2N3O2. The fourth-order valence-corrected chi connectivity index (χ4v) is 2.36. The lowest BCUT2D eigenvalue weighted by Crippen LogP contribution is -2.41. The van der Waals surface area contributed by atoms with Crippen LogP contribution >= 0.6 is 24.8 Å². The van der Waals surface area contributed by atoms with Crippen molar-refractivity contribution >= 4 is 30.7 Å². The Hall–Kier alpha value is -1.82. The summed E-state index contributed by atoms with van der Waals surface area (Å²) in [6.45, 7) is 0.476. The van der Waals surface area contributed by atoms with E-state index in [9.17, 15) is 4.79 Å². The third-order valence-corrected chi connectivity index (χ3v) is 3.74. The summed E-state index contributed by atoms with van der Waals surface area (Å²) in [5.41, 5.74) is 6.30. The Labute approximate surface area is 153 Å². The Morgan fingerprint density at radius 2 is 1.92 bits per heavy atom. The molecule has 1 amide bonds. The van der Waals surface area contributed by atoms with Crippen LogP contribution in [0.3, 0.4) is 0 Å². The highest BCUT2D eigenvalue weighted by Crippen LogP contribution is 2.32. The van der Waals surface area contributed by atoms with Gasteiger partial charge in [0.25, 0.3) is 5.91 Å². The third-order valence-electron chi connectivity index (χ3n) is 3.74. The topological polar surface area (TPSA) is 77.2 Å². The second kappa shape index (κ2) is 9.47. The summed E-state index contributed by atoms with van der Waals surface area (Å²) >= 11 is 0. The summed E-state index contributed by atoms with van der Waals surface area (Å²) in [6, 6.07) is 10.7. The van der Waals surface area contributed by atoms with Gasteiger partial charge in [-0.1, -0.05) is 6.07 Å². The molecule has 130 valence electrons. The second-order valence-corrected chi connectivity index (χ2v) is 5.47. The van der Waals surface area contributed by atoms with Crippen molar-refractivity contribution in [2.24, 2.45) is 11.7 Å². The van der Waals surface area contributed by atoms with Crippen LogP contribution in [-0.2, 0) is 0 Å². The van der Waals surface area contributed by atoms with Crippen LogP contribution in [0.15, 0.2) is 48.8 Å². The molecule has 7 heteroatoms. The highest BCUT2D eigenvalue weighted by molar-refractivity contribution is 5.94. The lowest BCUT2D eigenvalue weighted by atomic mass is 10.1. The van der Waals surface area contributed by atoms with Crippen molar-refractivity contribution in [3.63, 3.8) is 0 Å². The molecular weight excluding hydrogens is 349 g/mol. The minimum Gasteiger partial charge on any atom is -0.457 e. The smallest absolute Gasteiger partial charge is 0.251 e. The number of rotatable bonds is 6. The van der Waals surface area contributed by atoms with Gasteiger partial charge in [-0.2, -0.15) is 0 Å². The monoisotopic (exact) mass is 369 g/mol. The minimum atomic E-state index is -0.109. The zero-order valence-corrected chi connectivity index (χ0v) is 14.7. The quantitative estimate of drug-likeness (QED) is 0.819. The van der Waals surface area contributed by atoms with Crippen molar-refractivity contribution in [1.82, 2.24) is 10.3 Å². The summed E-state index contributed by atoms with van der Waals surface area (Å²) in [4.78, 5) is 16.3. The van der Waals surface area contributed by atoms with Crippen LogP contribution in [0.1, 0.15) is 23.2 Å². The Kier molecular flexibility index (Phi) is 7.98. The van der Waals surface area contributed by atoms with E-state index in [0.29, 0.717) is 29.5 Å². The molecule has 0 radical (unpaired) electrons. The number of carbonyl (C=O) groups is 1. The number of aromatic nitrogens is 1. The zero-order valence-electron chi connectivity index (χ0n) is 13.1. The molecule has 0 spiro atoms. The summed E-state index contributed by atoms with van der Waals surface area (Å²) in [6.07, 6.45) is 5.61. The van der Waals surface area contributed by atoms with Gasteiger partial charge in [-0.25, -0.2) is 0 Å². The van der Waals surface area contributed by atoms with E-state index in [-0.39, 0.29) is 36.8 Å². The second-order valence-electron chi connectivity index (χ2n) is 5.47. The SMILES string of the molecule is Cl.Cl.NCC(NC(=O)c1cccc(Oc2ccncc2)c1)C1CC1. The number of hydrogen-bond donors (Lipinski definition) is 2. The van der Waals surface area contributed by atoms with Crippen LogP contribution in [0.25, 0.3) is 0 Å². The molecule has 0 aliphatic heterocycles. The predicted octanol–water partition coefficient (Wildman–Crippen LogP) is 3.18. The van der Waals surface area contributed by atoms with Crippen LogP contribution < -0.4 is 15.8 Å². The molecule has 1 fully saturated rings. The van der Waals surface area contributed by atoms with Gasteiger partial charge in [0.2, 0.25) is 0 Å². The number of nitrogens with one attached hydrogen (secondary N) is 1. The molecule has 24 heavy (non-hydrogen) atoms. The summed E-state index contributed by atoms with van der Waals surface area (Å²) in [7, 11) is 0. The van der Waals surface area contributed by atoms with E-state index < -0.39 is 0 Å². The van der Waals surface area contributed by atoms with Gasteiger partial charge in [0, 0.05) is 30.5 Å². The van der Waals surface area contributed by atoms with E-state index in [4.69, 9.17) is 10.5 Å². The summed E-state index contributed by atoms with van der Waals surface area (Å²) in [5, 5.41) is 3.01. The predicted molar refractivity (Wildman–Crippen MR) is 98.3 cm³/mol. The van der Waals surface area contributed by atoms with E-state index >= 15 is 0 Å². The fourth-order valence-electron chi connectivity index (χ4n) is 2.36. The van der Waals surface area contributed by atoms with Gasteiger partial charge < -0.3 is 15.8 Å². The largest absolute Gasteiger partial charge is 0.457 e. The Bertz CT molecular complexity index is 651. The normalized spacial score (nSPS) is 13.9. The lowest BCUT2D eigenvalue weighted by molar-refractivity contribution is 0.0933. The van der Waals surface area contributed by atoms with Gasteiger partial charge >= 0.3 is 0 Å². The average Bonchev–Trinajstić information content (AvgIpc) is 3.38. The highest BCUT2D eigenvalue weighted by atomic mass is 35.5. The molecule has 5 nitrogen and oxygen atoms in total. The number of halogens is 2. The zero-order chi connectivity index (χ0) is 15.4. The van der Waals surface area contributed by atoms with E-state index in [2.05, 4.69) is 10.3 Å². The van der Waals surface area contributed by atoms with Crippen molar-refractivity contribution in [2.75, 3.05) is 6.54 Å². The molecule has 1 atom stereocenters. The fraction of sp³-hybridized carbons (Fsp3) is 0.294. The van der Waals surface area contributed by atoms with Crippen molar-refractivity contribution < 1.29 is 9.53 Å². The first-order valence-corrected chi connectivity index (χ1v) is 7.45. The maximum absolute atomic E-state index is 12.3. The number of pyridine rings is 1. The van der Waals surface area contributed by atoms with Crippen molar-refractivity contribution in [2.45, 2.75) is 18.9 Å². The molecule has 1 heterocycles. The first-order valence-electron chi connectivity index (χ1n) is 7.45. The first kappa shape index (κ1) is 20.2. The van der Waals surface area contributed by atoms with Crippen molar-refractivity contribution in [3.8, 4) is 11.5 Å².